The Balaban J connectivity index is 1.11. The van der Waals surface area contributed by atoms with Gasteiger partial charge < -0.3 is 9.47 Å². The number of hydrogen-bond acceptors (Lipinski definition) is 8. The van der Waals surface area contributed by atoms with E-state index in [0.717, 1.165) is 90.1 Å². The molecule has 0 saturated carbocycles. The Morgan fingerprint density at radius 2 is 1.17 bits per heavy atom. The molecule has 4 aliphatic rings. The van der Waals surface area contributed by atoms with Crippen LogP contribution < -0.4 is 20.4 Å². The number of rotatable bonds is 9. The van der Waals surface area contributed by atoms with Crippen molar-refractivity contribution in [1.82, 2.24) is 9.80 Å². The highest BCUT2D eigenvalue weighted by Gasteiger charge is 2.44. The maximum atomic E-state index is 15.2. The molecule has 12 nitrogen and oxygen atoms in total. The Morgan fingerprint density at radius 1 is 0.646 bits per heavy atom. The van der Waals surface area contributed by atoms with Crippen LogP contribution in [-0.4, -0.2) is 83.3 Å². The lowest BCUT2D eigenvalue weighted by atomic mass is 9.80. The second-order valence-electron chi connectivity index (χ2n) is 20.1. The van der Waals surface area contributed by atoms with Gasteiger partial charge in [-0.25, -0.2) is 9.59 Å². The lowest BCUT2D eigenvalue weighted by molar-refractivity contribution is -0.125. The van der Waals surface area contributed by atoms with Gasteiger partial charge in [0.15, 0.2) is 0 Å². The standard InChI is InChI=1S/C53H66N6O6/c1-34(2)64-50(62)54-40-21-20-37-19-18-36-14-9-11-16-44(36)58(46(37)29-40)48(60)32-56-27-24-39(31-56)43-28-38-15-10-12-17-45(38)59(49(61)33-57-52(5,6)25-13-26-53(57,7)8)47-30-41(22-23-42(43)47)55-51(63)65-35(3)4/h9-12,14-17,20-23,29-30,34-35,39,43H,13,18-19,24-28,31-33H2,1-8H3,(H,54,62)(H,55,63). The lowest BCUT2D eigenvalue weighted by Gasteiger charge is -2.53. The fourth-order valence-electron chi connectivity index (χ4n) is 10.9. The van der Waals surface area contributed by atoms with E-state index in [1.54, 1.807) is 13.8 Å². The third-order valence-corrected chi connectivity index (χ3v) is 13.8. The maximum Gasteiger partial charge on any atom is 0.411 e. The highest BCUT2D eigenvalue weighted by Crippen LogP contribution is 2.48. The number of anilines is 6. The van der Waals surface area contributed by atoms with Crippen LogP contribution in [0.5, 0.6) is 0 Å². The molecule has 2 N–H and O–H groups in total. The molecule has 344 valence electrons. The zero-order chi connectivity index (χ0) is 46.2. The van der Waals surface area contributed by atoms with Crippen LogP contribution in [0, 0.1) is 5.92 Å². The number of benzene rings is 4. The SMILES string of the molecule is CC(C)OC(=O)Nc1ccc2c(c1)N(C(=O)CN1CCC(C3Cc4ccccc4N(C(=O)CN4C(C)(C)CCCC4(C)C)c4cc(NC(=O)OC(C)C)ccc43)C1)c1ccccc1CC2. The van der Waals surface area contributed by atoms with Crippen LogP contribution in [0.2, 0.25) is 0 Å². The van der Waals surface area contributed by atoms with Crippen molar-refractivity contribution in [2.24, 2.45) is 5.92 Å². The molecule has 2 atom stereocenters. The smallest absolute Gasteiger partial charge is 0.411 e. The van der Waals surface area contributed by atoms with Crippen molar-refractivity contribution >= 4 is 58.1 Å². The summed E-state index contributed by atoms with van der Waals surface area (Å²) in [6.07, 6.45) is 4.59. The van der Waals surface area contributed by atoms with E-state index in [2.05, 4.69) is 66.3 Å². The molecule has 0 aromatic heterocycles. The van der Waals surface area contributed by atoms with E-state index < -0.39 is 12.2 Å². The number of carbonyl (C=O) groups excluding carboxylic acids is 4. The van der Waals surface area contributed by atoms with Crippen molar-refractivity contribution in [2.75, 3.05) is 46.6 Å². The second kappa shape index (κ2) is 18.6. The van der Waals surface area contributed by atoms with Crippen LogP contribution >= 0.6 is 0 Å². The third-order valence-electron chi connectivity index (χ3n) is 13.8. The normalized spacial score (nSPS) is 20.2. The maximum absolute atomic E-state index is 15.2. The number of hydrogen-bond donors (Lipinski definition) is 2. The monoisotopic (exact) mass is 883 g/mol. The average molecular weight is 883 g/mol. The predicted molar refractivity (Wildman–Crippen MR) is 258 cm³/mol. The Kier molecular flexibility index (Phi) is 13.1. The lowest BCUT2D eigenvalue weighted by Crippen LogP contribution is -2.61. The number of likely N-dealkylation sites (tertiary alicyclic amines) is 2. The first-order valence-corrected chi connectivity index (χ1v) is 23.5. The molecule has 12 heteroatoms. The molecule has 4 amide bonds. The average Bonchev–Trinajstić information content (AvgIpc) is 3.55. The molecule has 8 rings (SSSR count). The van der Waals surface area contributed by atoms with Crippen LogP contribution in [0.1, 0.15) is 109 Å². The fourth-order valence-corrected chi connectivity index (χ4v) is 10.9. The van der Waals surface area contributed by atoms with Crippen molar-refractivity contribution in [2.45, 2.75) is 130 Å². The number of ether oxygens (including phenoxy) is 2. The van der Waals surface area contributed by atoms with E-state index in [-0.39, 0.29) is 60.0 Å². The van der Waals surface area contributed by atoms with Crippen molar-refractivity contribution in [3.8, 4) is 0 Å². The minimum atomic E-state index is -0.549. The first-order chi connectivity index (χ1) is 31.0. The number of amides is 4. The number of para-hydroxylation sites is 2. The molecular weight excluding hydrogens is 817 g/mol. The van der Waals surface area contributed by atoms with Gasteiger partial charge in [-0.2, -0.15) is 0 Å². The number of fused-ring (bicyclic) bond motifs is 4. The summed E-state index contributed by atoms with van der Waals surface area (Å²) >= 11 is 0. The molecule has 4 aromatic rings. The number of piperidine rings is 1. The summed E-state index contributed by atoms with van der Waals surface area (Å²) in [6.45, 7) is 18.1. The quantitative estimate of drug-likeness (QED) is 0.170. The van der Waals surface area contributed by atoms with Gasteiger partial charge in [-0.1, -0.05) is 48.5 Å². The van der Waals surface area contributed by atoms with Gasteiger partial charge >= 0.3 is 12.2 Å². The van der Waals surface area contributed by atoms with Crippen molar-refractivity contribution in [1.29, 1.82) is 0 Å². The molecular formula is C53H66N6O6. The van der Waals surface area contributed by atoms with Crippen molar-refractivity contribution < 1.29 is 28.7 Å². The summed E-state index contributed by atoms with van der Waals surface area (Å²) in [7, 11) is 0. The van der Waals surface area contributed by atoms with Crippen LogP contribution in [-0.2, 0) is 38.3 Å². The Labute approximate surface area is 384 Å². The highest BCUT2D eigenvalue weighted by atomic mass is 16.6. The van der Waals surface area contributed by atoms with Gasteiger partial charge in [-0.15, -0.1) is 0 Å². The van der Waals surface area contributed by atoms with E-state index in [0.29, 0.717) is 24.3 Å². The van der Waals surface area contributed by atoms with Crippen LogP contribution in [0.3, 0.4) is 0 Å². The molecule has 2 fully saturated rings. The van der Waals surface area contributed by atoms with E-state index in [9.17, 15) is 14.4 Å². The molecule has 4 aromatic carbocycles. The van der Waals surface area contributed by atoms with E-state index in [1.807, 2.05) is 90.4 Å². The van der Waals surface area contributed by atoms with Gasteiger partial charge in [-0.3, -0.25) is 39.8 Å². The zero-order valence-electron chi connectivity index (χ0n) is 39.4. The summed E-state index contributed by atoms with van der Waals surface area (Å²) in [6, 6.07) is 28.0. The third kappa shape index (κ3) is 9.94. The van der Waals surface area contributed by atoms with E-state index in [1.165, 1.54) is 0 Å². The minimum Gasteiger partial charge on any atom is -0.447 e. The number of nitrogens with zero attached hydrogens (tertiary/aromatic N) is 4. The largest absolute Gasteiger partial charge is 0.447 e. The Morgan fingerprint density at radius 3 is 1.80 bits per heavy atom. The highest BCUT2D eigenvalue weighted by molar-refractivity contribution is 6.05. The zero-order valence-corrected chi connectivity index (χ0v) is 39.4. The van der Waals surface area contributed by atoms with E-state index >= 15 is 4.79 Å². The van der Waals surface area contributed by atoms with E-state index in [4.69, 9.17) is 9.47 Å². The summed E-state index contributed by atoms with van der Waals surface area (Å²) in [4.78, 5) is 64.0. The number of nitrogens with one attached hydrogen (secondary N) is 2. The number of aryl methyl sites for hydroxylation is 2. The molecule has 0 bridgehead atoms. The summed E-state index contributed by atoms with van der Waals surface area (Å²) in [5, 5.41) is 5.79. The van der Waals surface area contributed by atoms with Gasteiger partial charge in [0.25, 0.3) is 0 Å². The fraction of sp³-hybridized carbons (Fsp3) is 0.472. The molecule has 2 saturated heterocycles. The Bertz CT molecular complexity index is 2430. The van der Waals surface area contributed by atoms with Gasteiger partial charge in [0, 0.05) is 29.0 Å². The molecule has 0 spiro atoms. The Hall–Kier alpha value is -5.72. The predicted octanol–water partition coefficient (Wildman–Crippen LogP) is 10.7. The molecule has 65 heavy (non-hydrogen) atoms. The first kappa shape index (κ1) is 45.8. The molecule has 4 heterocycles. The van der Waals surface area contributed by atoms with Gasteiger partial charge in [-0.05, 0) is 177 Å². The minimum absolute atomic E-state index is 0.0162. The molecule has 2 unspecified atom stereocenters. The van der Waals surface area contributed by atoms with Gasteiger partial charge in [0.05, 0.1) is 48.0 Å². The molecule has 4 aliphatic heterocycles. The van der Waals surface area contributed by atoms with Crippen molar-refractivity contribution in [3.63, 3.8) is 0 Å². The summed E-state index contributed by atoms with van der Waals surface area (Å²) < 4.78 is 10.8. The van der Waals surface area contributed by atoms with Crippen LogP contribution in [0.4, 0.5) is 43.7 Å². The molecule has 0 radical (unpaired) electrons. The number of carbonyl (C=O) groups is 4. The topological polar surface area (TPSA) is 124 Å². The van der Waals surface area contributed by atoms with Gasteiger partial charge in [0.2, 0.25) is 11.8 Å². The van der Waals surface area contributed by atoms with Crippen LogP contribution in [0.25, 0.3) is 0 Å². The van der Waals surface area contributed by atoms with Gasteiger partial charge in [0.1, 0.15) is 0 Å². The first-order valence-electron chi connectivity index (χ1n) is 23.5. The molecule has 0 aliphatic carbocycles. The summed E-state index contributed by atoms with van der Waals surface area (Å²) in [5.74, 6) is 0.124. The van der Waals surface area contributed by atoms with Crippen molar-refractivity contribution in [3.05, 3.63) is 107 Å². The summed E-state index contributed by atoms with van der Waals surface area (Å²) in [5.41, 5.74) is 8.26. The van der Waals surface area contributed by atoms with Crippen LogP contribution in [0.15, 0.2) is 84.9 Å². The second-order valence-corrected chi connectivity index (χ2v) is 20.1.